The lowest BCUT2D eigenvalue weighted by molar-refractivity contribution is -0.141. The van der Waals surface area contributed by atoms with Gasteiger partial charge in [0.05, 0.1) is 18.1 Å². The summed E-state index contributed by atoms with van der Waals surface area (Å²) in [7, 11) is 1.68. The topological polar surface area (TPSA) is 97.3 Å². The summed E-state index contributed by atoms with van der Waals surface area (Å²) in [6, 6.07) is 3.41. The van der Waals surface area contributed by atoms with Crippen molar-refractivity contribution in [3.63, 3.8) is 0 Å². The molecule has 1 aliphatic heterocycles. The van der Waals surface area contributed by atoms with Crippen LogP contribution in [0.2, 0.25) is 0 Å². The molecular formula is C19H17F3N8O. The number of aromatic nitrogens is 7. The third-order valence-electron chi connectivity index (χ3n) is 5.36. The van der Waals surface area contributed by atoms with E-state index in [1.54, 1.807) is 25.4 Å². The highest BCUT2D eigenvalue weighted by molar-refractivity contribution is 5.58. The van der Waals surface area contributed by atoms with Gasteiger partial charge in [-0.1, -0.05) is 0 Å². The molecule has 0 radical (unpaired) electrons. The molecule has 0 saturated carbocycles. The largest absolute Gasteiger partial charge is 0.493 e. The number of imidazole rings is 1. The number of fused-ring (bicyclic) bond motifs is 1. The molecule has 31 heavy (non-hydrogen) atoms. The highest BCUT2D eigenvalue weighted by atomic mass is 19.4. The van der Waals surface area contributed by atoms with Crippen LogP contribution in [-0.4, -0.2) is 52.3 Å². The van der Waals surface area contributed by atoms with Crippen LogP contribution in [0, 0.1) is 0 Å². The maximum absolute atomic E-state index is 13.1. The molecule has 0 bridgehead atoms. The van der Waals surface area contributed by atoms with Crippen molar-refractivity contribution in [2.45, 2.75) is 18.5 Å². The fraction of sp³-hybridized carbons (Fsp3) is 0.316. The number of hydrogen-bond donors (Lipinski definition) is 1. The second kappa shape index (κ2) is 6.93. The normalized spacial score (nSPS) is 17.0. The zero-order valence-electron chi connectivity index (χ0n) is 16.3. The van der Waals surface area contributed by atoms with Crippen LogP contribution >= 0.6 is 0 Å². The van der Waals surface area contributed by atoms with Gasteiger partial charge in [0.15, 0.2) is 17.2 Å². The molecule has 0 amide bonds. The molecule has 1 atom stereocenters. The van der Waals surface area contributed by atoms with Gasteiger partial charge >= 0.3 is 6.18 Å². The van der Waals surface area contributed by atoms with Gasteiger partial charge < -0.3 is 10.0 Å². The first-order valence-electron chi connectivity index (χ1n) is 9.51. The van der Waals surface area contributed by atoms with Crippen LogP contribution in [0.15, 0.2) is 36.9 Å². The lowest BCUT2D eigenvalue weighted by atomic mass is 10.1. The summed E-state index contributed by atoms with van der Waals surface area (Å²) in [5, 5.41) is 14.1. The van der Waals surface area contributed by atoms with Gasteiger partial charge in [0, 0.05) is 44.5 Å². The molecule has 5 heterocycles. The van der Waals surface area contributed by atoms with Gasteiger partial charge in [-0.2, -0.15) is 18.3 Å². The van der Waals surface area contributed by atoms with Crippen LogP contribution in [0.25, 0.3) is 17.2 Å². The Kier molecular flexibility index (Phi) is 4.31. The summed E-state index contributed by atoms with van der Waals surface area (Å²) in [5.74, 6) is 1.18. The van der Waals surface area contributed by atoms with Crippen molar-refractivity contribution in [1.82, 2.24) is 34.1 Å². The van der Waals surface area contributed by atoms with E-state index in [4.69, 9.17) is 0 Å². The fourth-order valence-corrected chi connectivity index (χ4v) is 3.74. The number of alkyl halides is 3. The van der Waals surface area contributed by atoms with Crippen molar-refractivity contribution in [1.29, 1.82) is 0 Å². The monoisotopic (exact) mass is 430 g/mol. The molecular weight excluding hydrogens is 413 g/mol. The van der Waals surface area contributed by atoms with E-state index in [2.05, 4.69) is 29.9 Å². The predicted molar refractivity (Wildman–Crippen MR) is 103 cm³/mol. The van der Waals surface area contributed by atoms with Crippen LogP contribution < -0.4 is 4.90 Å². The van der Waals surface area contributed by atoms with Crippen molar-refractivity contribution < 1.29 is 18.3 Å². The average Bonchev–Trinajstić information content (AvgIpc) is 3.46. The quantitative estimate of drug-likeness (QED) is 0.534. The molecule has 9 nitrogen and oxygen atoms in total. The van der Waals surface area contributed by atoms with Gasteiger partial charge in [0.25, 0.3) is 0 Å². The van der Waals surface area contributed by atoms with E-state index in [0.717, 1.165) is 31.1 Å². The molecule has 1 unspecified atom stereocenters. The van der Waals surface area contributed by atoms with Crippen molar-refractivity contribution in [3.8, 4) is 17.4 Å². The van der Waals surface area contributed by atoms with Gasteiger partial charge in [-0.05, 0) is 12.5 Å². The van der Waals surface area contributed by atoms with Crippen LogP contribution in [0.1, 0.15) is 23.7 Å². The number of rotatable bonds is 3. The third kappa shape index (κ3) is 3.43. The summed E-state index contributed by atoms with van der Waals surface area (Å²) in [5.41, 5.74) is 0.408. The van der Waals surface area contributed by atoms with E-state index in [-0.39, 0.29) is 23.3 Å². The van der Waals surface area contributed by atoms with Crippen LogP contribution in [0.3, 0.4) is 0 Å². The average molecular weight is 430 g/mol. The number of nitrogens with zero attached hydrogens (tertiary/aromatic N) is 8. The summed E-state index contributed by atoms with van der Waals surface area (Å²) < 4.78 is 41.9. The van der Waals surface area contributed by atoms with Gasteiger partial charge in [-0.15, -0.1) is 0 Å². The van der Waals surface area contributed by atoms with E-state index in [9.17, 15) is 18.3 Å². The van der Waals surface area contributed by atoms with E-state index >= 15 is 0 Å². The Morgan fingerprint density at radius 3 is 2.74 bits per heavy atom. The zero-order valence-corrected chi connectivity index (χ0v) is 16.3. The Hall–Kier alpha value is -3.70. The number of halogens is 3. The van der Waals surface area contributed by atoms with Crippen molar-refractivity contribution in [3.05, 3.63) is 48.3 Å². The lowest BCUT2D eigenvalue weighted by Crippen LogP contribution is -2.21. The van der Waals surface area contributed by atoms with Crippen LogP contribution in [-0.2, 0) is 13.2 Å². The molecule has 5 rings (SSSR count). The van der Waals surface area contributed by atoms with Crippen molar-refractivity contribution in [2.24, 2.45) is 7.05 Å². The molecule has 1 N–H and O–H groups in total. The third-order valence-corrected chi connectivity index (χ3v) is 5.36. The second-order valence-electron chi connectivity index (χ2n) is 7.36. The number of anilines is 1. The Bertz CT molecular complexity index is 1250. The van der Waals surface area contributed by atoms with Crippen molar-refractivity contribution in [2.75, 3.05) is 18.0 Å². The fourth-order valence-electron chi connectivity index (χ4n) is 3.74. The molecule has 0 aliphatic carbocycles. The Morgan fingerprint density at radius 2 is 2.00 bits per heavy atom. The first-order valence-corrected chi connectivity index (χ1v) is 9.51. The molecule has 0 aromatic carbocycles. The summed E-state index contributed by atoms with van der Waals surface area (Å²) in [4.78, 5) is 18.4. The standard InChI is InChI=1S/C19H17F3N8O/c1-28-17(31)6-12(27-28)11-3-5-29(9-11)15-2-4-23-18(26-15)13-7-25-16-8-24-14(10-30(13)16)19(20,21)22/h2,4,6-8,10-11,31H,3,5,9H2,1H3. The molecule has 160 valence electrons. The van der Waals surface area contributed by atoms with Crippen molar-refractivity contribution >= 4 is 11.5 Å². The molecule has 4 aromatic heterocycles. The van der Waals surface area contributed by atoms with Gasteiger partial charge in [0.2, 0.25) is 5.88 Å². The van der Waals surface area contributed by atoms with E-state index in [1.807, 2.05) is 0 Å². The smallest absolute Gasteiger partial charge is 0.434 e. The molecule has 1 saturated heterocycles. The maximum atomic E-state index is 13.1. The summed E-state index contributed by atoms with van der Waals surface area (Å²) in [6.07, 6.45) is 1.24. The highest BCUT2D eigenvalue weighted by Crippen LogP contribution is 2.32. The molecule has 12 heteroatoms. The Morgan fingerprint density at radius 1 is 1.16 bits per heavy atom. The zero-order chi connectivity index (χ0) is 21.8. The molecule has 1 fully saturated rings. The minimum Gasteiger partial charge on any atom is -0.493 e. The maximum Gasteiger partial charge on any atom is 0.434 e. The summed E-state index contributed by atoms with van der Waals surface area (Å²) >= 11 is 0. The predicted octanol–water partition coefficient (Wildman–Crippen LogP) is 2.64. The van der Waals surface area contributed by atoms with Gasteiger partial charge in [-0.25, -0.2) is 24.6 Å². The Balaban J connectivity index is 1.45. The van der Waals surface area contributed by atoms with E-state index in [1.165, 1.54) is 15.3 Å². The van der Waals surface area contributed by atoms with E-state index < -0.39 is 11.9 Å². The number of aryl methyl sites for hydroxylation is 1. The first-order chi connectivity index (χ1) is 14.8. The minimum absolute atomic E-state index is 0.109. The molecule has 0 spiro atoms. The van der Waals surface area contributed by atoms with E-state index in [0.29, 0.717) is 18.1 Å². The number of aromatic hydroxyl groups is 1. The second-order valence-corrected chi connectivity index (χ2v) is 7.36. The van der Waals surface area contributed by atoms with Gasteiger partial charge in [0.1, 0.15) is 11.5 Å². The lowest BCUT2D eigenvalue weighted by Gasteiger charge is -2.17. The summed E-state index contributed by atoms with van der Waals surface area (Å²) in [6.45, 7) is 1.38. The Labute approximate surface area is 173 Å². The highest BCUT2D eigenvalue weighted by Gasteiger charge is 2.33. The first kappa shape index (κ1) is 19.3. The van der Waals surface area contributed by atoms with Gasteiger partial charge in [-0.3, -0.25) is 4.40 Å². The SMILES string of the molecule is Cn1nc(C2CCN(c3ccnc(-c4cnc5cnc(C(F)(F)F)cn45)n3)C2)cc1O. The number of hydrogen-bond acceptors (Lipinski definition) is 7. The molecule has 1 aliphatic rings. The van der Waals surface area contributed by atoms with Crippen LogP contribution in [0.5, 0.6) is 5.88 Å². The molecule has 4 aromatic rings. The van der Waals surface area contributed by atoms with Crippen LogP contribution in [0.4, 0.5) is 19.0 Å². The minimum atomic E-state index is -4.57.